The molecule has 5 heteroatoms. The van der Waals surface area contributed by atoms with Crippen LogP contribution in [0.25, 0.3) is 17.2 Å². The van der Waals surface area contributed by atoms with Crippen LogP contribution in [-0.4, -0.2) is 18.4 Å². The Morgan fingerprint density at radius 1 is 1.10 bits per heavy atom. The number of carbonyl (C=O) groups is 1. The van der Waals surface area contributed by atoms with E-state index >= 15 is 0 Å². The van der Waals surface area contributed by atoms with Gasteiger partial charge in [0.1, 0.15) is 18.7 Å². The number of rotatable bonds is 8. The van der Waals surface area contributed by atoms with Crippen molar-refractivity contribution in [1.82, 2.24) is 4.98 Å². The van der Waals surface area contributed by atoms with Gasteiger partial charge in [-0.15, -0.1) is 0 Å². The van der Waals surface area contributed by atoms with Crippen molar-refractivity contribution in [2.45, 2.75) is 26.4 Å². The maximum atomic E-state index is 13.6. The van der Waals surface area contributed by atoms with E-state index in [-0.39, 0.29) is 11.7 Å². The summed E-state index contributed by atoms with van der Waals surface area (Å²) < 4.78 is 25.5. The van der Waals surface area contributed by atoms with Gasteiger partial charge in [0.25, 0.3) is 0 Å². The zero-order chi connectivity index (χ0) is 21.5. The van der Waals surface area contributed by atoms with Crippen molar-refractivity contribution in [1.29, 1.82) is 0 Å². The summed E-state index contributed by atoms with van der Waals surface area (Å²) in [5, 5.41) is 0. The van der Waals surface area contributed by atoms with Crippen LogP contribution in [0.3, 0.4) is 0 Å². The van der Waals surface area contributed by atoms with Crippen LogP contribution in [0.1, 0.15) is 36.5 Å². The Labute approximate surface area is 176 Å². The quantitative estimate of drug-likeness (QED) is 0.350. The Balaban J connectivity index is 2.24. The second-order valence-corrected chi connectivity index (χ2v) is 7.09. The smallest absolute Gasteiger partial charge is 0.170 e. The molecule has 1 aromatic heterocycles. The van der Waals surface area contributed by atoms with E-state index in [0.717, 1.165) is 34.1 Å². The third-order valence-electron chi connectivity index (χ3n) is 4.77. The average molecular weight is 405 g/mol. The predicted octanol–water partition coefficient (Wildman–Crippen LogP) is 5.81. The minimum absolute atomic E-state index is 0.165. The maximum absolute atomic E-state index is 13.6. The number of ether oxygens (including phenoxy) is 2. The molecule has 0 spiro atoms. The lowest BCUT2D eigenvalue weighted by molar-refractivity contribution is -0.104. The van der Waals surface area contributed by atoms with E-state index in [1.54, 1.807) is 37.7 Å². The zero-order valence-electron chi connectivity index (χ0n) is 17.3. The second kappa shape index (κ2) is 9.83. The van der Waals surface area contributed by atoms with Gasteiger partial charge in [0.05, 0.1) is 7.11 Å². The topological polar surface area (TPSA) is 48.4 Å². The van der Waals surface area contributed by atoms with Gasteiger partial charge in [-0.05, 0) is 64.6 Å². The number of hydrogen-bond donors (Lipinski definition) is 0. The molecule has 154 valence electrons. The third kappa shape index (κ3) is 4.74. The van der Waals surface area contributed by atoms with Crippen LogP contribution in [0.5, 0.6) is 11.5 Å². The lowest BCUT2D eigenvalue weighted by Crippen LogP contribution is -2.04. The van der Waals surface area contributed by atoms with Gasteiger partial charge in [0.15, 0.2) is 11.5 Å². The summed E-state index contributed by atoms with van der Waals surface area (Å²) in [6.45, 7) is 4.45. The molecule has 0 fully saturated rings. The molecule has 4 nitrogen and oxygen atoms in total. The molecular weight excluding hydrogens is 381 g/mol. The number of halogens is 1. The molecule has 3 aromatic rings. The molecule has 0 unspecified atom stereocenters. The van der Waals surface area contributed by atoms with E-state index in [2.05, 4.69) is 18.8 Å². The van der Waals surface area contributed by atoms with Gasteiger partial charge in [0.2, 0.25) is 0 Å². The molecule has 0 aliphatic rings. The monoisotopic (exact) mass is 405 g/mol. The predicted molar refractivity (Wildman–Crippen MR) is 116 cm³/mol. The largest absolute Gasteiger partial charge is 0.493 e. The van der Waals surface area contributed by atoms with Crippen molar-refractivity contribution >= 4 is 12.4 Å². The lowest BCUT2D eigenvalue weighted by atomic mass is 9.88. The van der Waals surface area contributed by atoms with Crippen LogP contribution in [0, 0.1) is 5.82 Å². The van der Waals surface area contributed by atoms with Crippen LogP contribution in [-0.2, 0) is 11.4 Å². The minimum Gasteiger partial charge on any atom is -0.493 e. The van der Waals surface area contributed by atoms with E-state index in [1.165, 1.54) is 18.2 Å². The van der Waals surface area contributed by atoms with E-state index in [4.69, 9.17) is 9.47 Å². The summed E-state index contributed by atoms with van der Waals surface area (Å²) >= 11 is 0. The number of methoxy groups -OCH3 is 1. The molecule has 1 heterocycles. The van der Waals surface area contributed by atoms with Gasteiger partial charge in [-0.25, -0.2) is 4.39 Å². The highest BCUT2D eigenvalue weighted by atomic mass is 19.1. The molecule has 0 amide bonds. The van der Waals surface area contributed by atoms with Gasteiger partial charge < -0.3 is 9.47 Å². The molecule has 3 rings (SSSR count). The van der Waals surface area contributed by atoms with E-state index in [1.807, 2.05) is 18.2 Å². The van der Waals surface area contributed by atoms with E-state index < -0.39 is 0 Å². The fourth-order valence-corrected chi connectivity index (χ4v) is 3.30. The Morgan fingerprint density at radius 3 is 2.40 bits per heavy atom. The number of hydrogen-bond acceptors (Lipinski definition) is 4. The van der Waals surface area contributed by atoms with Crippen LogP contribution < -0.4 is 9.47 Å². The normalized spacial score (nSPS) is 11.1. The number of nitrogens with zero attached hydrogens (tertiary/aromatic N) is 1. The highest BCUT2D eigenvalue weighted by Crippen LogP contribution is 2.45. The molecule has 2 aromatic carbocycles. The van der Waals surface area contributed by atoms with Crippen molar-refractivity contribution in [2.24, 2.45) is 0 Å². The molecule has 0 atom stereocenters. The van der Waals surface area contributed by atoms with Crippen molar-refractivity contribution in [2.75, 3.05) is 7.11 Å². The SMILES string of the molecule is COc1cc(C(C)C)c(C=CC=O)c(-c2ccc(F)cc2)c1OCc1ccncc1. The van der Waals surface area contributed by atoms with Crippen LogP contribution >= 0.6 is 0 Å². The summed E-state index contributed by atoms with van der Waals surface area (Å²) in [5.41, 5.74) is 4.32. The molecule has 0 bridgehead atoms. The van der Waals surface area contributed by atoms with E-state index in [9.17, 15) is 9.18 Å². The number of pyridine rings is 1. The standard InChI is InChI=1S/C25H24FNO3/c1-17(2)22-15-23(29-3)25(30-16-18-10-12-27-13-11-18)24(21(22)5-4-14-28)19-6-8-20(26)9-7-19/h4-15,17H,16H2,1-3H3. The fraction of sp³-hybridized carbons (Fsp3) is 0.200. The van der Waals surface area contributed by atoms with E-state index in [0.29, 0.717) is 18.1 Å². The lowest BCUT2D eigenvalue weighted by Gasteiger charge is -2.22. The summed E-state index contributed by atoms with van der Waals surface area (Å²) in [7, 11) is 1.59. The van der Waals surface area contributed by atoms with Gasteiger partial charge in [-0.1, -0.05) is 32.1 Å². The molecule has 0 radical (unpaired) electrons. The first-order chi connectivity index (χ1) is 14.5. The second-order valence-electron chi connectivity index (χ2n) is 7.09. The van der Waals surface area contributed by atoms with Gasteiger partial charge in [0, 0.05) is 18.0 Å². The number of aromatic nitrogens is 1. The van der Waals surface area contributed by atoms with Crippen molar-refractivity contribution in [3.05, 3.63) is 83.4 Å². The maximum Gasteiger partial charge on any atom is 0.170 e. The van der Waals surface area contributed by atoms with Crippen molar-refractivity contribution in [3.8, 4) is 22.6 Å². The Hall–Kier alpha value is -3.47. The van der Waals surface area contributed by atoms with Crippen LogP contribution in [0.2, 0.25) is 0 Å². The highest BCUT2D eigenvalue weighted by Gasteiger charge is 2.22. The first-order valence-corrected chi connectivity index (χ1v) is 9.69. The first kappa shape index (κ1) is 21.2. The molecule has 30 heavy (non-hydrogen) atoms. The molecule has 0 N–H and O–H groups in total. The molecule has 0 aliphatic carbocycles. The number of benzene rings is 2. The van der Waals surface area contributed by atoms with Gasteiger partial charge in [-0.2, -0.15) is 0 Å². The summed E-state index contributed by atoms with van der Waals surface area (Å²) in [4.78, 5) is 15.1. The number of aldehydes is 1. The molecule has 0 saturated carbocycles. The van der Waals surface area contributed by atoms with Gasteiger partial charge in [-0.3, -0.25) is 9.78 Å². The third-order valence-corrected chi connectivity index (χ3v) is 4.77. The summed E-state index contributed by atoms with van der Waals surface area (Å²) in [5.74, 6) is 0.958. The Kier molecular flexibility index (Phi) is 6.96. The highest BCUT2D eigenvalue weighted by molar-refractivity contribution is 5.87. The molecule has 0 aliphatic heterocycles. The zero-order valence-corrected chi connectivity index (χ0v) is 17.3. The Bertz CT molecular complexity index is 1030. The van der Waals surface area contributed by atoms with Crippen LogP contribution in [0.4, 0.5) is 4.39 Å². The number of allylic oxidation sites excluding steroid dienone is 1. The summed E-state index contributed by atoms with van der Waals surface area (Å²) in [6, 6.07) is 11.9. The van der Waals surface area contributed by atoms with Crippen LogP contribution in [0.15, 0.2) is 60.9 Å². The first-order valence-electron chi connectivity index (χ1n) is 9.69. The number of carbonyl (C=O) groups excluding carboxylic acids is 1. The minimum atomic E-state index is -0.324. The summed E-state index contributed by atoms with van der Waals surface area (Å²) in [6.07, 6.45) is 7.36. The molecule has 0 saturated heterocycles. The fourth-order valence-electron chi connectivity index (χ4n) is 3.30. The average Bonchev–Trinajstić information content (AvgIpc) is 2.76. The Morgan fingerprint density at radius 2 is 1.80 bits per heavy atom. The molecular formula is C25H24FNO3. The van der Waals surface area contributed by atoms with Gasteiger partial charge >= 0.3 is 0 Å². The van der Waals surface area contributed by atoms with Crippen molar-refractivity contribution in [3.63, 3.8) is 0 Å². The van der Waals surface area contributed by atoms with Crippen molar-refractivity contribution < 1.29 is 18.7 Å².